The zero-order chi connectivity index (χ0) is 14.7. The predicted octanol–water partition coefficient (Wildman–Crippen LogP) is 2.46. The van der Waals surface area contributed by atoms with Crippen LogP contribution in [0.15, 0.2) is 42.5 Å². The summed E-state index contributed by atoms with van der Waals surface area (Å²) >= 11 is 0. The van der Waals surface area contributed by atoms with Gasteiger partial charge in [0, 0.05) is 0 Å². The Hall–Kier alpha value is -3.02. The fourth-order valence-corrected chi connectivity index (χ4v) is 1.71. The summed E-state index contributed by atoms with van der Waals surface area (Å²) in [6.45, 7) is 0. The highest BCUT2D eigenvalue weighted by molar-refractivity contribution is 6.03. The van der Waals surface area contributed by atoms with Crippen LogP contribution in [0.25, 0.3) is 0 Å². The van der Waals surface area contributed by atoms with E-state index in [0.717, 1.165) is 0 Å². The average Bonchev–Trinajstić information content (AvgIpc) is 2.40. The number of anilines is 1. The van der Waals surface area contributed by atoms with Crippen LogP contribution in [-0.4, -0.2) is 22.2 Å². The number of aromatic carboxylic acids is 2. The molecule has 0 atom stereocenters. The lowest BCUT2D eigenvalue weighted by atomic mass is 10.1. The molecule has 0 radical (unpaired) electrons. The molecule has 0 aliphatic heterocycles. The van der Waals surface area contributed by atoms with Gasteiger partial charge in [0.25, 0.3) is 0 Å². The number of carboxylic acids is 2. The van der Waals surface area contributed by atoms with E-state index in [1.807, 2.05) is 0 Å². The quantitative estimate of drug-likeness (QED) is 0.738. The van der Waals surface area contributed by atoms with E-state index >= 15 is 0 Å². The molecule has 0 fully saturated rings. The number of benzene rings is 2. The number of ether oxygens (including phenoxy) is 1. The van der Waals surface area contributed by atoms with Gasteiger partial charge in [-0.3, -0.25) is 0 Å². The molecule has 0 bridgehead atoms. The number of rotatable bonds is 4. The molecule has 0 aromatic heterocycles. The van der Waals surface area contributed by atoms with Gasteiger partial charge in [-0.25, -0.2) is 9.59 Å². The van der Waals surface area contributed by atoms with Crippen LogP contribution < -0.4 is 10.5 Å². The van der Waals surface area contributed by atoms with Crippen LogP contribution in [0.3, 0.4) is 0 Å². The van der Waals surface area contributed by atoms with Gasteiger partial charge in [0.1, 0.15) is 17.1 Å². The van der Waals surface area contributed by atoms with Crippen LogP contribution in [0.4, 0.5) is 5.69 Å². The molecule has 0 amide bonds. The van der Waals surface area contributed by atoms with Gasteiger partial charge >= 0.3 is 11.9 Å². The van der Waals surface area contributed by atoms with Gasteiger partial charge < -0.3 is 20.7 Å². The van der Waals surface area contributed by atoms with E-state index in [4.69, 9.17) is 20.7 Å². The molecule has 2 rings (SSSR count). The van der Waals surface area contributed by atoms with E-state index < -0.39 is 17.5 Å². The summed E-state index contributed by atoms with van der Waals surface area (Å²) in [5, 5.41) is 18.2. The van der Waals surface area contributed by atoms with Crippen LogP contribution in [0.5, 0.6) is 11.5 Å². The maximum absolute atomic E-state index is 11.2. The minimum atomic E-state index is -1.38. The minimum absolute atomic E-state index is 0.0738. The van der Waals surface area contributed by atoms with Crippen molar-refractivity contribution in [3.8, 4) is 11.5 Å². The average molecular weight is 273 g/mol. The Morgan fingerprint density at radius 2 is 1.55 bits per heavy atom. The Bertz CT molecular complexity index is 681. The van der Waals surface area contributed by atoms with Crippen LogP contribution in [-0.2, 0) is 0 Å². The summed E-state index contributed by atoms with van der Waals surface area (Å²) in [7, 11) is 0. The molecule has 0 heterocycles. The van der Waals surface area contributed by atoms with Crippen LogP contribution in [0.1, 0.15) is 20.7 Å². The molecular formula is C14H11NO5. The van der Waals surface area contributed by atoms with E-state index in [1.165, 1.54) is 18.2 Å². The van der Waals surface area contributed by atoms with E-state index in [0.29, 0.717) is 5.69 Å². The number of para-hydroxylation sites is 2. The fraction of sp³-hybridized carbons (Fsp3) is 0. The van der Waals surface area contributed by atoms with Gasteiger partial charge in [0.15, 0.2) is 0 Å². The zero-order valence-corrected chi connectivity index (χ0v) is 10.2. The summed E-state index contributed by atoms with van der Waals surface area (Å²) in [4.78, 5) is 22.3. The van der Waals surface area contributed by atoms with Crippen molar-refractivity contribution in [3.63, 3.8) is 0 Å². The van der Waals surface area contributed by atoms with Crippen molar-refractivity contribution < 1.29 is 24.5 Å². The molecule has 2 aromatic rings. The first-order chi connectivity index (χ1) is 9.50. The molecule has 6 nitrogen and oxygen atoms in total. The second-order valence-corrected chi connectivity index (χ2v) is 3.93. The van der Waals surface area contributed by atoms with Gasteiger partial charge in [-0.2, -0.15) is 0 Å². The van der Waals surface area contributed by atoms with Crippen molar-refractivity contribution in [2.75, 3.05) is 5.73 Å². The number of carboxylic acid groups (broad SMARTS) is 2. The maximum Gasteiger partial charge on any atom is 0.340 e. The molecule has 20 heavy (non-hydrogen) atoms. The van der Waals surface area contributed by atoms with Gasteiger partial charge in [-0.1, -0.05) is 18.2 Å². The van der Waals surface area contributed by atoms with E-state index in [1.54, 1.807) is 24.3 Å². The molecule has 0 aliphatic carbocycles. The Labute approximate surface area is 114 Å². The third-order valence-electron chi connectivity index (χ3n) is 2.61. The first kappa shape index (κ1) is 13.4. The van der Waals surface area contributed by atoms with Crippen molar-refractivity contribution in [3.05, 3.63) is 53.6 Å². The minimum Gasteiger partial charge on any atom is -0.478 e. The van der Waals surface area contributed by atoms with Crippen molar-refractivity contribution in [2.24, 2.45) is 0 Å². The molecular weight excluding hydrogens is 262 g/mol. The second-order valence-electron chi connectivity index (χ2n) is 3.93. The fourth-order valence-electron chi connectivity index (χ4n) is 1.71. The van der Waals surface area contributed by atoms with Crippen molar-refractivity contribution in [1.82, 2.24) is 0 Å². The SMILES string of the molecule is Nc1ccccc1Oc1cccc(C(=O)O)c1C(=O)O. The highest BCUT2D eigenvalue weighted by Gasteiger charge is 2.21. The van der Waals surface area contributed by atoms with Gasteiger partial charge in [-0.15, -0.1) is 0 Å². The summed E-state index contributed by atoms with van der Waals surface area (Å²) in [5.41, 5.74) is 5.27. The maximum atomic E-state index is 11.2. The normalized spacial score (nSPS) is 10.0. The first-order valence-electron chi connectivity index (χ1n) is 5.62. The molecule has 4 N–H and O–H groups in total. The van der Waals surface area contributed by atoms with Gasteiger partial charge in [-0.05, 0) is 24.3 Å². The second kappa shape index (κ2) is 5.31. The number of nitrogens with two attached hydrogens (primary N) is 1. The van der Waals surface area contributed by atoms with E-state index in [9.17, 15) is 9.59 Å². The number of carbonyl (C=O) groups is 2. The molecule has 102 valence electrons. The monoisotopic (exact) mass is 273 g/mol. The van der Waals surface area contributed by atoms with Gasteiger partial charge in [0.05, 0.1) is 11.3 Å². The van der Waals surface area contributed by atoms with Crippen LogP contribution >= 0.6 is 0 Å². The summed E-state index contributed by atoms with van der Waals surface area (Å²) in [6.07, 6.45) is 0. The number of hydrogen-bond donors (Lipinski definition) is 3. The van der Waals surface area contributed by atoms with Crippen LogP contribution in [0, 0.1) is 0 Å². The summed E-state index contributed by atoms with van der Waals surface area (Å²) in [6, 6.07) is 10.5. The van der Waals surface area contributed by atoms with Crippen molar-refractivity contribution in [2.45, 2.75) is 0 Å². The van der Waals surface area contributed by atoms with E-state index in [-0.39, 0.29) is 17.1 Å². The molecule has 6 heteroatoms. The molecule has 0 saturated heterocycles. The third-order valence-corrected chi connectivity index (χ3v) is 2.61. The summed E-state index contributed by atoms with van der Waals surface area (Å²) < 4.78 is 5.42. The molecule has 2 aromatic carbocycles. The smallest absolute Gasteiger partial charge is 0.340 e. The highest BCUT2D eigenvalue weighted by atomic mass is 16.5. The predicted molar refractivity (Wildman–Crippen MR) is 71.3 cm³/mol. The largest absolute Gasteiger partial charge is 0.478 e. The zero-order valence-electron chi connectivity index (χ0n) is 10.2. The lowest BCUT2D eigenvalue weighted by Gasteiger charge is -2.12. The lowest BCUT2D eigenvalue weighted by Crippen LogP contribution is -2.09. The standard InChI is InChI=1S/C14H11NO5/c15-9-5-1-2-6-10(9)20-11-7-3-4-8(13(16)17)12(11)14(18)19/h1-7H,15H2,(H,16,17)(H,18,19). The summed E-state index contributed by atoms with van der Waals surface area (Å²) in [5.74, 6) is -2.53. The Morgan fingerprint density at radius 3 is 2.15 bits per heavy atom. The lowest BCUT2D eigenvalue weighted by molar-refractivity contribution is 0.0649. The topological polar surface area (TPSA) is 110 Å². The number of nitrogen functional groups attached to an aromatic ring is 1. The molecule has 0 unspecified atom stereocenters. The number of hydrogen-bond acceptors (Lipinski definition) is 4. The Kier molecular flexibility index (Phi) is 3.56. The molecule has 0 aliphatic rings. The van der Waals surface area contributed by atoms with E-state index in [2.05, 4.69) is 0 Å². The molecule has 0 spiro atoms. The van der Waals surface area contributed by atoms with Crippen LogP contribution in [0.2, 0.25) is 0 Å². The van der Waals surface area contributed by atoms with Crippen molar-refractivity contribution >= 4 is 17.6 Å². The Balaban J connectivity index is 2.52. The van der Waals surface area contributed by atoms with Crippen molar-refractivity contribution in [1.29, 1.82) is 0 Å². The third kappa shape index (κ3) is 2.54. The van der Waals surface area contributed by atoms with Gasteiger partial charge in [0.2, 0.25) is 0 Å². The molecule has 0 saturated carbocycles. The highest BCUT2D eigenvalue weighted by Crippen LogP contribution is 2.31. The Morgan fingerprint density at radius 1 is 0.900 bits per heavy atom. The first-order valence-corrected chi connectivity index (χ1v) is 5.62.